The van der Waals surface area contributed by atoms with Crippen molar-refractivity contribution < 1.29 is 14.3 Å². The minimum absolute atomic E-state index is 0.249. The highest BCUT2D eigenvalue weighted by Gasteiger charge is 2.22. The summed E-state index contributed by atoms with van der Waals surface area (Å²) in [7, 11) is 0. The first-order valence-electron chi connectivity index (χ1n) is 6.22. The number of hydrogen-bond acceptors (Lipinski definition) is 5. The van der Waals surface area contributed by atoms with Crippen LogP contribution < -0.4 is 5.73 Å². The molecular formula is C14H15N3O3S. The number of ether oxygens (including phenoxy) is 1. The van der Waals surface area contributed by atoms with Crippen molar-refractivity contribution in [2.75, 3.05) is 6.26 Å². The van der Waals surface area contributed by atoms with E-state index in [9.17, 15) is 9.59 Å². The molecule has 2 aromatic rings. The van der Waals surface area contributed by atoms with Crippen LogP contribution in [0.25, 0.3) is 5.69 Å². The van der Waals surface area contributed by atoms with E-state index >= 15 is 0 Å². The standard InChI is InChI=1S/C14H15N3O3S/c1-9(12(15)18)20-13(19)11-8-16-14(21-2)17(11)10-6-4-3-5-7-10/h3-9H,1-2H3,(H2,15,18)/t9-/m1/s1. The van der Waals surface area contributed by atoms with Crippen LogP contribution >= 0.6 is 11.8 Å². The van der Waals surface area contributed by atoms with Gasteiger partial charge in [-0.1, -0.05) is 30.0 Å². The highest BCUT2D eigenvalue weighted by atomic mass is 32.2. The molecule has 0 aliphatic heterocycles. The molecule has 0 unspecified atom stereocenters. The number of rotatable bonds is 5. The molecule has 21 heavy (non-hydrogen) atoms. The van der Waals surface area contributed by atoms with Gasteiger partial charge in [0.2, 0.25) is 0 Å². The number of carbonyl (C=O) groups excluding carboxylic acids is 2. The van der Waals surface area contributed by atoms with Crippen molar-refractivity contribution in [2.45, 2.75) is 18.2 Å². The first-order chi connectivity index (χ1) is 10.0. The average Bonchev–Trinajstić information content (AvgIpc) is 2.91. The molecular weight excluding hydrogens is 290 g/mol. The molecule has 1 atom stereocenters. The topological polar surface area (TPSA) is 87.2 Å². The first-order valence-corrected chi connectivity index (χ1v) is 7.44. The van der Waals surface area contributed by atoms with Crippen LogP contribution in [0.4, 0.5) is 0 Å². The molecule has 1 aromatic carbocycles. The number of amides is 1. The summed E-state index contributed by atoms with van der Waals surface area (Å²) >= 11 is 1.41. The van der Waals surface area contributed by atoms with E-state index in [2.05, 4.69) is 4.98 Å². The van der Waals surface area contributed by atoms with Gasteiger partial charge < -0.3 is 10.5 Å². The summed E-state index contributed by atoms with van der Waals surface area (Å²) in [5.74, 6) is -1.34. The fourth-order valence-corrected chi connectivity index (χ4v) is 2.27. The van der Waals surface area contributed by atoms with Gasteiger partial charge in [-0.2, -0.15) is 0 Å². The van der Waals surface area contributed by atoms with Crippen molar-refractivity contribution in [1.29, 1.82) is 0 Å². The van der Waals surface area contributed by atoms with Gasteiger partial charge in [-0.05, 0) is 25.3 Å². The Morgan fingerprint density at radius 3 is 2.57 bits per heavy atom. The van der Waals surface area contributed by atoms with Gasteiger partial charge in [0.05, 0.1) is 6.20 Å². The Hall–Kier alpha value is -2.28. The summed E-state index contributed by atoms with van der Waals surface area (Å²) in [6.07, 6.45) is 2.30. The number of benzene rings is 1. The maximum Gasteiger partial charge on any atom is 0.357 e. The number of hydrogen-bond donors (Lipinski definition) is 1. The van der Waals surface area contributed by atoms with E-state index in [-0.39, 0.29) is 5.69 Å². The molecule has 6 nitrogen and oxygen atoms in total. The number of nitrogens with zero attached hydrogens (tertiary/aromatic N) is 2. The molecule has 7 heteroatoms. The van der Waals surface area contributed by atoms with Gasteiger partial charge in [-0.25, -0.2) is 9.78 Å². The maximum absolute atomic E-state index is 12.2. The highest BCUT2D eigenvalue weighted by Crippen LogP contribution is 2.22. The van der Waals surface area contributed by atoms with Crippen LogP contribution in [0.1, 0.15) is 17.4 Å². The van der Waals surface area contributed by atoms with E-state index < -0.39 is 18.0 Å². The zero-order chi connectivity index (χ0) is 15.4. The maximum atomic E-state index is 12.2. The second-order valence-corrected chi connectivity index (χ2v) is 5.02. The Kier molecular flexibility index (Phi) is 4.64. The number of carbonyl (C=O) groups is 2. The molecule has 0 bridgehead atoms. The van der Waals surface area contributed by atoms with Crippen molar-refractivity contribution in [3.05, 3.63) is 42.2 Å². The van der Waals surface area contributed by atoms with Gasteiger partial charge in [-0.15, -0.1) is 0 Å². The summed E-state index contributed by atoms with van der Waals surface area (Å²) in [6.45, 7) is 1.43. The lowest BCUT2D eigenvalue weighted by molar-refractivity contribution is -0.125. The van der Waals surface area contributed by atoms with Crippen LogP contribution in [0.15, 0.2) is 41.7 Å². The first kappa shape index (κ1) is 15.1. The van der Waals surface area contributed by atoms with E-state index in [1.807, 2.05) is 36.6 Å². The van der Waals surface area contributed by atoms with Crippen molar-refractivity contribution in [3.8, 4) is 5.69 Å². The minimum Gasteiger partial charge on any atom is -0.448 e. The molecule has 0 spiro atoms. The van der Waals surface area contributed by atoms with Crippen molar-refractivity contribution in [3.63, 3.8) is 0 Å². The Labute approximate surface area is 126 Å². The Morgan fingerprint density at radius 1 is 1.33 bits per heavy atom. The van der Waals surface area contributed by atoms with E-state index in [0.29, 0.717) is 5.16 Å². The molecule has 1 aromatic heterocycles. The number of aromatic nitrogens is 2. The van der Waals surface area contributed by atoms with Gasteiger partial charge in [-0.3, -0.25) is 9.36 Å². The largest absolute Gasteiger partial charge is 0.448 e. The molecule has 1 heterocycles. The van der Waals surface area contributed by atoms with Gasteiger partial charge in [0.15, 0.2) is 17.0 Å². The van der Waals surface area contributed by atoms with Crippen LogP contribution in [-0.2, 0) is 9.53 Å². The van der Waals surface area contributed by atoms with Crippen LogP contribution in [-0.4, -0.2) is 33.8 Å². The van der Waals surface area contributed by atoms with Crippen molar-refractivity contribution in [1.82, 2.24) is 9.55 Å². The quantitative estimate of drug-likeness (QED) is 0.670. The number of nitrogens with two attached hydrogens (primary N) is 1. The second kappa shape index (κ2) is 6.45. The van der Waals surface area contributed by atoms with Gasteiger partial charge in [0.1, 0.15) is 0 Å². The van der Waals surface area contributed by atoms with Gasteiger partial charge >= 0.3 is 5.97 Å². The van der Waals surface area contributed by atoms with Gasteiger partial charge in [0, 0.05) is 5.69 Å². The smallest absolute Gasteiger partial charge is 0.357 e. The fraction of sp³-hybridized carbons (Fsp3) is 0.214. The molecule has 0 saturated heterocycles. The number of imidazole rings is 1. The third-order valence-electron chi connectivity index (χ3n) is 2.82. The minimum atomic E-state index is -0.991. The van der Waals surface area contributed by atoms with E-state index in [1.54, 1.807) is 4.57 Å². The SMILES string of the molecule is CSc1ncc(C(=O)O[C@H](C)C(N)=O)n1-c1ccccc1. The zero-order valence-corrected chi connectivity index (χ0v) is 12.5. The third-order valence-corrected chi connectivity index (χ3v) is 3.47. The lowest BCUT2D eigenvalue weighted by atomic mass is 10.3. The predicted molar refractivity (Wildman–Crippen MR) is 79.4 cm³/mol. The van der Waals surface area contributed by atoms with Crippen molar-refractivity contribution in [2.24, 2.45) is 5.73 Å². The molecule has 2 N–H and O–H groups in total. The molecule has 0 fully saturated rings. The summed E-state index contributed by atoms with van der Waals surface area (Å²) in [6, 6.07) is 9.32. The molecule has 0 aliphatic rings. The Balaban J connectivity index is 2.39. The van der Waals surface area contributed by atoms with E-state index in [4.69, 9.17) is 10.5 Å². The van der Waals surface area contributed by atoms with Gasteiger partial charge in [0.25, 0.3) is 5.91 Å². The molecule has 0 radical (unpaired) electrons. The summed E-state index contributed by atoms with van der Waals surface area (Å²) < 4.78 is 6.72. The monoisotopic (exact) mass is 305 g/mol. The molecule has 110 valence electrons. The fourth-order valence-electron chi connectivity index (χ4n) is 1.73. The average molecular weight is 305 g/mol. The summed E-state index contributed by atoms with van der Waals surface area (Å²) in [5, 5.41) is 0.653. The second-order valence-electron chi connectivity index (χ2n) is 4.25. The molecule has 1 amide bonds. The lowest BCUT2D eigenvalue weighted by Crippen LogP contribution is -2.31. The van der Waals surface area contributed by atoms with Crippen molar-refractivity contribution >= 4 is 23.6 Å². The number of primary amides is 1. The molecule has 0 saturated carbocycles. The highest BCUT2D eigenvalue weighted by molar-refractivity contribution is 7.98. The normalized spacial score (nSPS) is 11.9. The molecule has 2 rings (SSSR count). The Morgan fingerprint density at radius 2 is 2.00 bits per heavy atom. The van der Waals surface area contributed by atoms with Crippen LogP contribution in [0.2, 0.25) is 0 Å². The Bertz CT molecular complexity index is 655. The number of esters is 1. The predicted octanol–water partition coefficient (Wildman–Crippen LogP) is 1.62. The molecule has 0 aliphatic carbocycles. The summed E-state index contributed by atoms with van der Waals surface area (Å²) in [5.41, 5.74) is 6.14. The van der Waals surface area contributed by atoms with Crippen LogP contribution in [0.5, 0.6) is 0 Å². The van der Waals surface area contributed by atoms with E-state index in [1.165, 1.54) is 24.9 Å². The summed E-state index contributed by atoms with van der Waals surface area (Å²) in [4.78, 5) is 27.4. The third kappa shape index (κ3) is 3.25. The lowest BCUT2D eigenvalue weighted by Gasteiger charge is -2.12. The van der Waals surface area contributed by atoms with E-state index in [0.717, 1.165) is 5.69 Å². The number of para-hydroxylation sites is 1. The number of thioether (sulfide) groups is 1. The van der Waals surface area contributed by atoms with Crippen LogP contribution in [0.3, 0.4) is 0 Å². The van der Waals surface area contributed by atoms with Crippen LogP contribution in [0, 0.1) is 0 Å². The zero-order valence-electron chi connectivity index (χ0n) is 11.6.